The van der Waals surface area contributed by atoms with Gasteiger partial charge in [-0.15, -0.1) is 0 Å². The highest BCUT2D eigenvalue weighted by Gasteiger charge is 2.67. The third-order valence-electron chi connectivity index (χ3n) is 6.80. The molecular weight excluding hydrogens is 292 g/mol. The molecule has 2 fully saturated rings. The Bertz CT molecular complexity index is 697. The Hall–Kier alpha value is -1.39. The van der Waals surface area contributed by atoms with Crippen LogP contribution < -0.4 is 0 Å². The minimum Gasteiger partial charge on any atom is -0.458 e. The summed E-state index contributed by atoms with van der Waals surface area (Å²) in [4.78, 5) is 12.5. The molecule has 1 heterocycles. The van der Waals surface area contributed by atoms with Crippen molar-refractivity contribution < 1.29 is 19.7 Å². The van der Waals surface area contributed by atoms with Gasteiger partial charge in [-0.05, 0) is 54.4 Å². The third-order valence-corrected chi connectivity index (χ3v) is 6.80. The molecule has 4 nitrogen and oxygen atoms in total. The molecule has 7 unspecified atom stereocenters. The van der Waals surface area contributed by atoms with Gasteiger partial charge in [-0.2, -0.15) is 0 Å². The maximum atomic E-state index is 12.5. The number of hydrogen-bond donors (Lipinski definition) is 2. The number of esters is 1. The second-order valence-corrected chi connectivity index (χ2v) is 7.89. The normalized spacial score (nSPS) is 44.5. The minimum absolute atomic E-state index is 0.0356. The van der Waals surface area contributed by atoms with E-state index in [4.69, 9.17) is 4.74 Å². The van der Waals surface area contributed by atoms with E-state index < -0.39 is 23.7 Å². The van der Waals surface area contributed by atoms with Gasteiger partial charge in [0.1, 0.15) is 12.2 Å². The summed E-state index contributed by atoms with van der Waals surface area (Å²) in [5.74, 6) is -0.735. The summed E-state index contributed by atoms with van der Waals surface area (Å²) in [6, 6.07) is 4.08. The van der Waals surface area contributed by atoms with Crippen LogP contribution in [0.1, 0.15) is 54.5 Å². The van der Waals surface area contributed by atoms with Crippen LogP contribution >= 0.6 is 0 Å². The molecule has 2 aliphatic carbocycles. The van der Waals surface area contributed by atoms with E-state index in [1.807, 2.05) is 26.8 Å². The highest BCUT2D eigenvalue weighted by Crippen LogP contribution is 2.65. The van der Waals surface area contributed by atoms with Crippen molar-refractivity contribution >= 4 is 5.97 Å². The molecule has 0 spiro atoms. The van der Waals surface area contributed by atoms with E-state index in [-0.39, 0.29) is 23.7 Å². The van der Waals surface area contributed by atoms with Crippen molar-refractivity contribution in [2.24, 2.45) is 17.3 Å². The lowest BCUT2D eigenvalue weighted by Crippen LogP contribution is -2.54. The van der Waals surface area contributed by atoms with Crippen LogP contribution in [0.5, 0.6) is 0 Å². The zero-order valence-electron chi connectivity index (χ0n) is 14.0. The quantitative estimate of drug-likeness (QED) is 0.721. The first-order valence-electron chi connectivity index (χ1n) is 8.45. The van der Waals surface area contributed by atoms with Crippen molar-refractivity contribution in [2.75, 3.05) is 0 Å². The number of carbonyl (C=O) groups is 1. The van der Waals surface area contributed by atoms with Crippen molar-refractivity contribution in [2.45, 2.75) is 58.3 Å². The molecule has 0 amide bonds. The fourth-order valence-corrected chi connectivity index (χ4v) is 5.58. The van der Waals surface area contributed by atoms with E-state index in [9.17, 15) is 15.0 Å². The van der Waals surface area contributed by atoms with Crippen molar-refractivity contribution in [3.05, 3.63) is 34.4 Å². The molecule has 0 radical (unpaired) electrons. The lowest BCUT2D eigenvalue weighted by Gasteiger charge is -2.53. The van der Waals surface area contributed by atoms with Gasteiger partial charge in [-0.3, -0.25) is 4.79 Å². The van der Waals surface area contributed by atoms with Crippen molar-refractivity contribution in [3.8, 4) is 0 Å². The lowest BCUT2D eigenvalue weighted by atomic mass is 9.50. The van der Waals surface area contributed by atoms with Crippen molar-refractivity contribution in [1.29, 1.82) is 0 Å². The molecule has 4 heteroatoms. The van der Waals surface area contributed by atoms with E-state index in [2.05, 4.69) is 13.0 Å². The first kappa shape index (κ1) is 15.2. The van der Waals surface area contributed by atoms with Gasteiger partial charge in [0.15, 0.2) is 0 Å². The smallest absolute Gasteiger partial charge is 0.310 e. The Kier molecular flexibility index (Phi) is 3.02. The number of aliphatic hydroxyl groups is 2. The Morgan fingerprint density at radius 1 is 1.17 bits per heavy atom. The summed E-state index contributed by atoms with van der Waals surface area (Å²) in [6.45, 7) is 8.02. The fourth-order valence-electron chi connectivity index (χ4n) is 5.58. The molecule has 23 heavy (non-hydrogen) atoms. The van der Waals surface area contributed by atoms with E-state index in [0.717, 1.165) is 22.3 Å². The third kappa shape index (κ3) is 1.66. The van der Waals surface area contributed by atoms with Crippen molar-refractivity contribution in [1.82, 2.24) is 0 Å². The van der Waals surface area contributed by atoms with Crippen molar-refractivity contribution in [3.63, 3.8) is 0 Å². The van der Waals surface area contributed by atoms with E-state index in [0.29, 0.717) is 6.42 Å². The van der Waals surface area contributed by atoms with Gasteiger partial charge in [-0.25, -0.2) is 0 Å². The predicted molar refractivity (Wildman–Crippen MR) is 84.9 cm³/mol. The number of benzene rings is 1. The second-order valence-electron chi connectivity index (χ2n) is 7.89. The number of fused-ring (bicyclic) bond motifs is 2. The Labute approximate surface area is 136 Å². The molecular formula is C19H24O4. The molecule has 0 bridgehead atoms. The average Bonchev–Trinajstić information content (AvgIpc) is 2.77. The summed E-state index contributed by atoms with van der Waals surface area (Å²) >= 11 is 0. The topological polar surface area (TPSA) is 66.8 Å². The molecule has 1 aromatic carbocycles. The summed E-state index contributed by atoms with van der Waals surface area (Å²) < 4.78 is 5.66. The number of ether oxygens (including phenoxy) is 1. The van der Waals surface area contributed by atoms with Gasteiger partial charge in [-0.1, -0.05) is 26.0 Å². The second kappa shape index (κ2) is 4.58. The summed E-state index contributed by atoms with van der Waals surface area (Å²) in [6.07, 6.45) is -1.21. The standard InChI is InChI=1S/C19H24O4/c1-8-5-6-9(2)14-13(8)11-7-12(20)10(3)15-18(22)23-17(16(14)21)19(11,15)4/h5-6,10-12,15-17,20-21H,7H2,1-4H3. The molecule has 1 aromatic rings. The van der Waals surface area contributed by atoms with Crippen LogP contribution in [-0.4, -0.2) is 28.4 Å². The minimum atomic E-state index is -0.789. The largest absolute Gasteiger partial charge is 0.458 e. The zero-order valence-corrected chi connectivity index (χ0v) is 14.0. The van der Waals surface area contributed by atoms with Crippen LogP contribution in [0.2, 0.25) is 0 Å². The number of aryl methyl sites for hydroxylation is 2. The van der Waals surface area contributed by atoms with Gasteiger partial charge < -0.3 is 14.9 Å². The van der Waals surface area contributed by atoms with Gasteiger partial charge in [0.25, 0.3) is 0 Å². The van der Waals surface area contributed by atoms with E-state index >= 15 is 0 Å². The Morgan fingerprint density at radius 2 is 1.78 bits per heavy atom. The molecule has 4 rings (SSSR count). The lowest BCUT2D eigenvalue weighted by molar-refractivity contribution is -0.149. The molecule has 2 N–H and O–H groups in total. The summed E-state index contributed by atoms with van der Waals surface area (Å²) in [5.41, 5.74) is 3.70. The molecule has 124 valence electrons. The SMILES string of the molecule is Cc1ccc(C)c2c1C(O)C1OC(=O)C3C(C)C(O)CC2C13C. The first-order chi connectivity index (χ1) is 10.8. The zero-order chi connectivity index (χ0) is 16.7. The number of hydrogen-bond acceptors (Lipinski definition) is 4. The number of rotatable bonds is 0. The maximum absolute atomic E-state index is 12.5. The van der Waals surface area contributed by atoms with Gasteiger partial charge in [0.05, 0.1) is 12.0 Å². The van der Waals surface area contributed by atoms with E-state index in [1.165, 1.54) is 0 Å². The van der Waals surface area contributed by atoms with Crippen LogP contribution in [0.15, 0.2) is 12.1 Å². The predicted octanol–water partition coefficient (Wildman–Crippen LogP) is 2.38. The Balaban J connectivity index is 2.00. The molecule has 1 saturated carbocycles. The average molecular weight is 316 g/mol. The van der Waals surface area contributed by atoms with Crippen LogP contribution in [0.4, 0.5) is 0 Å². The number of carbonyl (C=O) groups excluding carboxylic acids is 1. The van der Waals surface area contributed by atoms with Crippen LogP contribution in [-0.2, 0) is 9.53 Å². The Morgan fingerprint density at radius 3 is 2.43 bits per heavy atom. The van der Waals surface area contributed by atoms with Gasteiger partial charge >= 0.3 is 5.97 Å². The van der Waals surface area contributed by atoms with Crippen LogP contribution in [0, 0.1) is 31.1 Å². The molecule has 3 aliphatic rings. The molecule has 1 aliphatic heterocycles. The van der Waals surface area contributed by atoms with Gasteiger partial charge in [0, 0.05) is 5.41 Å². The monoisotopic (exact) mass is 316 g/mol. The summed E-state index contributed by atoms with van der Waals surface area (Å²) in [7, 11) is 0. The van der Waals surface area contributed by atoms with E-state index in [1.54, 1.807) is 0 Å². The highest BCUT2D eigenvalue weighted by atomic mass is 16.6. The molecule has 7 atom stereocenters. The number of aliphatic hydroxyl groups excluding tert-OH is 2. The molecule has 0 aromatic heterocycles. The van der Waals surface area contributed by atoms with Crippen LogP contribution in [0.3, 0.4) is 0 Å². The van der Waals surface area contributed by atoms with Gasteiger partial charge in [0.2, 0.25) is 0 Å². The molecule has 1 saturated heterocycles. The highest BCUT2D eigenvalue weighted by molar-refractivity contribution is 5.78. The maximum Gasteiger partial charge on any atom is 0.310 e. The van der Waals surface area contributed by atoms with Crippen LogP contribution in [0.25, 0.3) is 0 Å². The first-order valence-corrected chi connectivity index (χ1v) is 8.45. The fraction of sp³-hybridized carbons (Fsp3) is 0.632. The summed E-state index contributed by atoms with van der Waals surface area (Å²) in [5, 5.41) is 21.5.